The van der Waals surface area contributed by atoms with Crippen LogP contribution in [0.15, 0.2) is 49.8 Å². The van der Waals surface area contributed by atoms with Gasteiger partial charge in [0.1, 0.15) is 12.4 Å². The lowest BCUT2D eigenvalue weighted by Gasteiger charge is -1.99. The molecule has 0 spiro atoms. The van der Waals surface area contributed by atoms with E-state index in [4.69, 9.17) is 4.74 Å². The van der Waals surface area contributed by atoms with Crippen molar-refractivity contribution in [3.63, 3.8) is 0 Å². The second-order valence-corrected chi connectivity index (χ2v) is 1.66. The van der Waals surface area contributed by atoms with Crippen molar-refractivity contribution in [2.24, 2.45) is 0 Å². The molecule has 0 aromatic carbocycles. The van der Waals surface area contributed by atoms with Gasteiger partial charge in [0.2, 0.25) is 0 Å². The van der Waals surface area contributed by atoms with Crippen LogP contribution in [0.25, 0.3) is 0 Å². The fourth-order valence-corrected chi connectivity index (χ4v) is 0.389. The van der Waals surface area contributed by atoms with Gasteiger partial charge in [-0.15, -0.1) is 0 Å². The second-order valence-electron chi connectivity index (χ2n) is 1.66. The molecule has 0 aromatic rings. The van der Waals surface area contributed by atoms with E-state index >= 15 is 0 Å². The topological polar surface area (TPSA) is 9.23 Å². The number of allylic oxidation sites excluding steroid dienone is 3. The predicted octanol–water partition coefficient (Wildman–Crippen LogP) is 2.44. The zero-order chi connectivity index (χ0) is 7.82. The summed E-state index contributed by atoms with van der Waals surface area (Å²) in [7, 11) is 0. The molecule has 0 aromatic heterocycles. The SMILES string of the molecule is C=C/C=C\C(=C)OCC=C. The molecule has 0 unspecified atom stereocenters. The van der Waals surface area contributed by atoms with Crippen LogP contribution in [0.4, 0.5) is 0 Å². The molecular weight excluding hydrogens is 124 g/mol. The maximum atomic E-state index is 5.05. The first-order valence-corrected chi connectivity index (χ1v) is 3.03. The molecule has 0 aliphatic heterocycles. The third kappa shape index (κ3) is 4.91. The number of ether oxygens (including phenoxy) is 1. The standard InChI is InChI=1S/C9H12O/c1-4-6-7-9(3)10-8-5-2/h4-7H,1-3,8H2/b7-6-. The van der Waals surface area contributed by atoms with Gasteiger partial charge >= 0.3 is 0 Å². The summed E-state index contributed by atoms with van der Waals surface area (Å²) < 4.78 is 5.05. The number of rotatable bonds is 5. The Balaban J connectivity index is 3.52. The van der Waals surface area contributed by atoms with Gasteiger partial charge in [-0.1, -0.05) is 38.0 Å². The van der Waals surface area contributed by atoms with Crippen molar-refractivity contribution < 1.29 is 4.74 Å². The molecule has 0 fully saturated rings. The largest absolute Gasteiger partial charge is 0.490 e. The highest BCUT2D eigenvalue weighted by atomic mass is 16.5. The van der Waals surface area contributed by atoms with Crippen molar-refractivity contribution in [2.45, 2.75) is 0 Å². The van der Waals surface area contributed by atoms with Gasteiger partial charge in [0, 0.05) is 0 Å². The van der Waals surface area contributed by atoms with E-state index in [1.165, 1.54) is 0 Å². The fourth-order valence-electron chi connectivity index (χ4n) is 0.389. The van der Waals surface area contributed by atoms with Crippen molar-refractivity contribution >= 4 is 0 Å². The Labute approximate surface area is 62.0 Å². The Bertz CT molecular complexity index is 154. The molecule has 0 radical (unpaired) electrons. The van der Waals surface area contributed by atoms with Gasteiger partial charge in [-0.2, -0.15) is 0 Å². The van der Waals surface area contributed by atoms with E-state index in [0.29, 0.717) is 12.4 Å². The predicted molar refractivity (Wildman–Crippen MR) is 44.6 cm³/mol. The minimum Gasteiger partial charge on any atom is -0.490 e. The van der Waals surface area contributed by atoms with Crippen LogP contribution in [-0.2, 0) is 4.74 Å². The lowest BCUT2D eigenvalue weighted by Crippen LogP contribution is -1.85. The molecule has 0 bridgehead atoms. The van der Waals surface area contributed by atoms with Crippen LogP contribution in [-0.4, -0.2) is 6.61 Å². The molecule has 0 atom stereocenters. The third-order valence-corrected chi connectivity index (χ3v) is 0.805. The summed E-state index contributed by atoms with van der Waals surface area (Å²) in [5.74, 6) is 0.625. The minimum absolute atomic E-state index is 0.500. The normalized spacial score (nSPS) is 9.20. The molecule has 1 nitrogen and oxygen atoms in total. The molecule has 1 heteroatoms. The minimum atomic E-state index is 0.500. The van der Waals surface area contributed by atoms with Crippen molar-refractivity contribution in [3.05, 3.63) is 49.8 Å². The average Bonchev–Trinajstić information content (AvgIpc) is 1.97. The van der Waals surface area contributed by atoms with Crippen LogP contribution in [0.2, 0.25) is 0 Å². The molecule has 0 rings (SSSR count). The lowest BCUT2D eigenvalue weighted by molar-refractivity contribution is 0.263. The molecule has 0 aliphatic carbocycles. The van der Waals surface area contributed by atoms with Gasteiger partial charge in [0.15, 0.2) is 0 Å². The first-order valence-electron chi connectivity index (χ1n) is 3.03. The molecule has 10 heavy (non-hydrogen) atoms. The quantitative estimate of drug-likeness (QED) is 0.320. The summed E-state index contributed by atoms with van der Waals surface area (Å²) in [6.07, 6.45) is 6.86. The van der Waals surface area contributed by atoms with Gasteiger partial charge in [-0.25, -0.2) is 0 Å². The molecule has 0 N–H and O–H groups in total. The van der Waals surface area contributed by atoms with Gasteiger partial charge in [-0.3, -0.25) is 0 Å². The van der Waals surface area contributed by atoms with Crippen molar-refractivity contribution in [1.29, 1.82) is 0 Å². The highest BCUT2D eigenvalue weighted by Gasteiger charge is 1.81. The van der Waals surface area contributed by atoms with Crippen LogP contribution in [0.3, 0.4) is 0 Å². The molecule has 0 saturated carbocycles. The Morgan fingerprint density at radius 1 is 1.40 bits per heavy atom. The summed E-state index contributed by atoms with van der Waals surface area (Å²) in [6, 6.07) is 0. The van der Waals surface area contributed by atoms with E-state index in [2.05, 4.69) is 19.7 Å². The van der Waals surface area contributed by atoms with Crippen molar-refractivity contribution in [3.8, 4) is 0 Å². The van der Waals surface area contributed by atoms with Gasteiger partial charge in [-0.05, 0) is 6.08 Å². The monoisotopic (exact) mass is 136 g/mol. The van der Waals surface area contributed by atoms with E-state index < -0.39 is 0 Å². The van der Waals surface area contributed by atoms with E-state index in [-0.39, 0.29) is 0 Å². The first kappa shape index (κ1) is 8.76. The smallest absolute Gasteiger partial charge is 0.112 e. The third-order valence-electron chi connectivity index (χ3n) is 0.805. The van der Waals surface area contributed by atoms with Crippen molar-refractivity contribution in [1.82, 2.24) is 0 Å². The van der Waals surface area contributed by atoms with Crippen LogP contribution in [0.1, 0.15) is 0 Å². The summed E-state index contributed by atoms with van der Waals surface area (Å²) in [5, 5.41) is 0. The van der Waals surface area contributed by atoms with E-state index in [9.17, 15) is 0 Å². The van der Waals surface area contributed by atoms with E-state index in [1.54, 1.807) is 24.3 Å². The Morgan fingerprint density at radius 3 is 2.60 bits per heavy atom. The molecular formula is C9H12O. The van der Waals surface area contributed by atoms with Gasteiger partial charge in [0.25, 0.3) is 0 Å². The van der Waals surface area contributed by atoms with E-state index in [1.807, 2.05) is 0 Å². The molecule has 0 amide bonds. The average molecular weight is 136 g/mol. The van der Waals surface area contributed by atoms with Crippen LogP contribution in [0, 0.1) is 0 Å². The molecule has 0 aliphatic rings. The summed E-state index contributed by atoms with van der Waals surface area (Å²) in [6.45, 7) is 11.1. The fraction of sp³-hybridized carbons (Fsp3) is 0.111. The van der Waals surface area contributed by atoms with Gasteiger partial charge < -0.3 is 4.74 Å². The molecule has 0 heterocycles. The van der Waals surface area contributed by atoms with Crippen LogP contribution in [0.5, 0.6) is 0 Å². The molecule has 0 saturated heterocycles. The lowest BCUT2D eigenvalue weighted by atomic mass is 10.4. The highest BCUT2D eigenvalue weighted by Crippen LogP contribution is 1.94. The zero-order valence-corrected chi connectivity index (χ0v) is 6.05. The number of hydrogen-bond donors (Lipinski definition) is 0. The second kappa shape index (κ2) is 5.89. The number of hydrogen-bond acceptors (Lipinski definition) is 1. The summed E-state index contributed by atoms with van der Waals surface area (Å²) in [4.78, 5) is 0. The van der Waals surface area contributed by atoms with E-state index in [0.717, 1.165) is 0 Å². The highest BCUT2D eigenvalue weighted by molar-refractivity contribution is 5.12. The molecule has 54 valence electrons. The maximum absolute atomic E-state index is 5.05. The Hall–Kier alpha value is -1.24. The summed E-state index contributed by atoms with van der Waals surface area (Å²) in [5.41, 5.74) is 0. The first-order chi connectivity index (χ1) is 4.81. The van der Waals surface area contributed by atoms with Crippen molar-refractivity contribution in [2.75, 3.05) is 6.61 Å². The Kier molecular flexibility index (Phi) is 5.16. The van der Waals surface area contributed by atoms with Crippen LogP contribution >= 0.6 is 0 Å². The maximum Gasteiger partial charge on any atom is 0.112 e. The van der Waals surface area contributed by atoms with Gasteiger partial charge in [0.05, 0.1) is 0 Å². The van der Waals surface area contributed by atoms with Crippen LogP contribution < -0.4 is 0 Å². The Morgan fingerprint density at radius 2 is 2.10 bits per heavy atom. The summed E-state index contributed by atoms with van der Waals surface area (Å²) >= 11 is 0. The zero-order valence-electron chi connectivity index (χ0n) is 6.05.